The van der Waals surface area contributed by atoms with E-state index in [1.54, 1.807) is 6.07 Å². The lowest BCUT2D eigenvalue weighted by atomic mass is 10.1. The zero-order valence-electron chi connectivity index (χ0n) is 10.1. The second-order valence-corrected chi connectivity index (χ2v) is 3.86. The molecule has 5 heteroatoms. The van der Waals surface area contributed by atoms with E-state index in [9.17, 15) is 0 Å². The van der Waals surface area contributed by atoms with Gasteiger partial charge in [-0.3, -0.25) is 0 Å². The Balaban J connectivity index is 2.57. The zero-order valence-corrected chi connectivity index (χ0v) is 10.1. The van der Waals surface area contributed by atoms with Gasteiger partial charge in [0.25, 0.3) is 0 Å². The van der Waals surface area contributed by atoms with Crippen molar-refractivity contribution < 1.29 is 9.94 Å². The molecule has 1 aromatic heterocycles. The van der Waals surface area contributed by atoms with E-state index in [0.717, 1.165) is 17.3 Å². The monoisotopic (exact) mass is 245 g/mol. The third kappa shape index (κ3) is 2.34. The number of rotatable bonds is 4. The van der Waals surface area contributed by atoms with E-state index >= 15 is 0 Å². The quantitative estimate of drug-likeness (QED) is 0.374. The van der Waals surface area contributed by atoms with Crippen molar-refractivity contribution >= 4 is 16.7 Å². The minimum atomic E-state index is 0.0509. The fourth-order valence-corrected chi connectivity index (χ4v) is 1.70. The molecule has 0 atom stereocenters. The average molecular weight is 245 g/mol. The van der Waals surface area contributed by atoms with Crippen LogP contribution in [0.5, 0.6) is 5.88 Å². The fourth-order valence-electron chi connectivity index (χ4n) is 1.70. The van der Waals surface area contributed by atoms with Crippen molar-refractivity contribution in [2.75, 3.05) is 6.61 Å². The summed E-state index contributed by atoms with van der Waals surface area (Å²) in [4.78, 5) is 4.38. The molecule has 0 bridgehead atoms. The average Bonchev–Trinajstić information content (AvgIpc) is 2.43. The van der Waals surface area contributed by atoms with Crippen LogP contribution in [-0.2, 0) is 0 Å². The highest BCUT2D eigenvalue weighted by molar-refractivity contribution is 6.08. The summed E-state index contributed by atoms with van der Waals surface area (Å²) in [6, 6.07) is 9.19. The topological polar surface area (TPSA) is 80.7 Å². The third-order valence-corrected chi connectivity index (χ3v) is 2.53. The van der Waals surface area contributed by atoms with Gasteiger partial charge in [0.05, 0.1) is 12.1 Å². The summed E-state index contributed by atoms with van der Waals surface area (Å²) < 4.78 is 5.50. The molecule has 0 fully saturated rings. The fraction of sp³-hybridized carbons (Fsp3) is 0.231. The molecule has 0 aliphatic carbocycles. The summed E-state index contributed by atoms with van der Waals surface area (Å²) in [6.07, 6.45) is 0.896. The molecule has 0 saturated carbocycles. The SMILES string of the molecule is CCCOc1cc(C(N)=NO)c2ccccc2n1. The number of hydrogen-bond donors (Lipinski definition) is 2. The molecule has 5 nitrogen and oxygen atoms in total. The molecule has 0 aliphatic rings. The van der Waals surface area contributed by atoms with Gasteiger partial charge < -0.3 is 15.7 Å². The van der Waals surface area contributed by atoms with Gasteiger partial charge in [0, 0.05) is 17.0 Å². The number of fused-ring (bicyclic) bond motifs is 1. The molecule has 0 unspecified atom stereocenters. The van der Waals surface area contributed by atoms with E-state index in [-0.39, 0.29) is 5.84 Å². The van der Waals surface area contributed by atoms with E-state index in [1.165, 1.54) is 0 Å². The van der Waals surface area contributed by atoms with Gasteiger partial charge in [-0.1, -0.05) is 30.3 Å². The van der Waals surface area contributed by atoms with Crippen LogP contribution in [0.4, 0.5) is 0 Å². The van der Waals surface area contributed by atoms with Crippen molar-refractivity contribution in [1.29, 1.82) is 0 Å². The number of nitrogens with two attached hydrogens (primary N) is 1. The van der Waals surface area contributed by atoms with Crippen molar-refractivity contribution in [3.63, 3.8) is 0 Å². The number of para-hydroxylation sites is 1. The van der Waals surface area contributed by atoms with Crippen LogP contribution in [0.2, 0.25) is 0 Å². The van der Waals surface area contributed by atoms with Gasteiger partial charge in [-0.2, -0.15) is 0 Å². The molecule has 1 aromatic carbocycles. The van der Waals surface area contributed by atoms with E-state index < -0.39 is 0 Å². The molecule has 0 spiro atoms. The smallest absolute Gasteiger partial charge is 0.214 e. The Morgan fingerprint density at radius 2 is 2.22 bits per heavy atom. The van der Waals surface area contributed by atoms with E-state index in [2.05, 4.69) is 10.1 Å². The summed E-state index contributed by atoms with van der Waals surface area (Å²) in [5, 5.41) is 12.7. The van der Waals surface area contributed by atoms with Gasteiger partial charge in [-0.15, -0.1) is 0 Å². The minimum absolute atomic E-state index is 0.0509. The van der Waals surface area contributed by atoms with Crippen LogP contribution in [-0.4, -0.2) is 22.6 Å². The second-order valence-electron chi connectivity index (χ2n) is 3.86. The molecule has 2 aromatic rings. The number of aromatic nitrogens is 1. The van der Waals surface area contributed by atoms with E-state index in [1.807, 2.05) is 31.2 Å². The minimum Gasteiger partial charge on any atom is -0.478 e. The molecule has 18 heavy (non-hydrogen) atoms. The number of pyridine rings is 1. The highest BCUT2D eigenvalue weighted by Gasteiger charge is 2.09. The highest BCUT2D eigenvalue weighted by atomic mass is 16.5. The molecule has 0 aliphatic heterocycles. The maximum atomic E-state index is 8.82. The van der Waals surface area contributed by atoms with Crippen molar-refractivity contribution in [1.82, 2.24) is 4.98 Å². The van der Waals surface area contributed by atoms with Crippen molar-refractivity contribution in [3.05, 3.63) is 35.9 Å². The maximum absolute atomic E-state index is 8.82. The van der Waals surface area contributed by atoms with Crippen LogP contribution in [0.1, 0.15) is 18.9 Å². The highest BCUT2D eigenvalue weighted by Crippen LogP contribution is 2.21. The van der Waals surface area contributed by atoms with Gasteiger partial charge in [0.15, 0.2) is 5.84 Å². The first-order chi connectivity index (χ1) is 8.76. The van der Waals surface area contributed by atoms with Gasteiger partial charge in [-0.05, 0) is 12.5 Å². The number of ether oxygens (including phenoxy) is 1. The molecule has 1 heterocycles. The van der Waals surface area contributed by atoms with Crippen LogP contribution >= 0.6 is 0 Å². The zero-order chi connectivity index (χ0) is 13.0. The normalized spacial score (nSPS) is 11.7. The molecule has 0 saturated heterocycles. The van der Waals surface area contributed by atoms with Crippen LogP contribution in [0.15, 0.2) is 35.5 Å². The van der Waals surface area contributed by atoms with Gasteiger partial charge in [-0.25, -0.2) is 4.98 Å². The van der Waals surface area contributed by atoms with Crippen molar-refractivity contribution in [2.24, 2.45) is 10.9 Å². The predicted octanol–water partition coefficient (Wildman–Crippen LogP) is 2.12. The van der Waals surface area contributed by atoms with Crippen LogP contribution in [0.3, 0.4) is 0 Å². The number of amidine groups is 1. The maximum Gasteiger partial charge on any atom is 0.214 e. The summed E-state index contributed by atoms with van der Waals surface area (Å²) in [5.41, 5.74) is 7.05. The molecular weight excluding hydrogens is 230 g/mol. The molecule has 0 amide bonds. The first-order valence-electron chi connectivity index (χ1n) is 5.76. The van der Waals surface area contributed by atoms with Crippen LogP contribution in [0.25, 0.3) is 10.9 Å². The van der Waals surface area contributed by atoms with Gasteiger partial charge >= 0.3 is 0 Å². The Labute approximate surface area is 105 Å². The lowest BCUT2D eigenvalue weighted by Crippen LogP contribution is -2.14. The van der Waals surface area contributed by atoms with E-state index in [4.69, 9.17) is 15.7 Å². The lowest BCUT2D eigenvalue weighted by Gasteiger charge is -2.09. The first kappa shape index (κ1) is 12.2. The standard InChI is InChI=1S/C13H15N3O2/c1-2-7-18-12-8-10(13(14)16-17)9-5-3-4-6-11(9)15-12/h3-6,8,17H,2,7H2,1H3,(H2,14,16). The summed E-state index contributed by atoms with van der Waals surface area (Å²) in [6.45, 7) is 2.60. The molecule has 3 N–H and O–H groups in total. The molecule has 2 rings (SSSR count). The summed E-state index contributed by atoms with van der Waals surface area (Å²) in [7, 11) is 0. The number of benzene rings is 1. The second kappa shape index (κ2) is 5.35. The van der Waals surface area contributed by atoms with Crippen molar-refractivity contribution in [2.45, 2.75) is 13.3 Å². The molecule has 0 radical (unpaired) electrons. The van der Waals surface area contributed by atoms with Gasteiger partial charge in [0.2, 0.25) is 5.88 Å². The Morgan fingerprint density at radius 1 is 1.44 bits per heavy atom. The number of oxime groups is 1. The molecule has 94 valence electrons. The van der Waals surface area contributed by atoms with Crippen LogP contribution < -0.4 is 10.5 Å². The number of hydrogen-bond acceptors (Lipinski definition) is 4. The first-order valence-corrected chi connectivity index (χ1v) is 5.76. The predicted molar refractivity (Wildman–Crippen MR) is 70.0 cm³/mol. The Bertz CT molecular complexity index is 581. The largest absolute Gasteiger partial charge is 0.478 e. The van der Waals surface area contributed by atoms with E-state index in [0.29, 0.717) is 18.1 Å². The Kier molecular flexibility index (Phi) is 3.62. The third-order valence-electron chi connectivity index (χ3n) is 2.53. The summed E-state index contributed by atoms with van der Waals surface area (Å²) >= 11 is 0. The lowest BCUT2D eigenvalue weighted by molar-refractivity contribution is 0.306. The molecular formula is C13H15N3O2. The van der Waals surface area contributed by atoms with Crippen molar-refractivity contribution in [3.8, 4) is 5.88 Å². The van der Waals surface area contributed by atoms with Gasteiger partial charge in [0.1, 0.15) is 0 Å². The number of nitrogens with zero attached hydrogens (tertiary/aromatic N) is 2. The van der Waals surface area contributed by atoms with Crippen LogP contribution in [0, 0.1) is 0 Å². The Hall–Kier alpha value is -2.30. The Morgan fingerprint density at radius 3 is 2.94 bits per heavy atom. The summed E-state index contributed by atoms with van der Waals surface area (Å²) in [5.74, 6) is 0.534.